The third-order valence-electron chi connectivity index (χ3n) is 3.37. The van der Waals surface area contributed by atoms with Crippen LogP contribution in [0.2, 0.25) is 0 Å². The lowest BCUT2D eigenvalue weighted by molar-refractivity contribution is -0.121. The summed E-state index contributed by atoms with van der Waals surface area (Å²) in [7, 11) is 1.65. The minimum atomic E-state index is -0.291. The second kappa shape index (κ2) is 11.4. The largest absolute Gasteiger partial charge is 0.375 e. The Bertz CT molecular complexity index is 610. The van der Waals surface area contributed by atoms with Gasteiger partial charge in [0, 0.05) is 25.0 Å². The van der Waals surface area contributed by atoms with E-state index in [1.165, 1.54) is 11.3 Å². The average molecular weight is 392 g/mol. The Morgan fingerprint density at radius 1 is 1.33 bits per heavy atom. The molecule has 0 saturated carbocycles. The van der Waals surface area contributed by atoms with Crippen molar-refractivity contribution < 1.29 is 9.53 Å². The van der Waals surface area contributed by atoms with Gasteiger partial charge in [0.15, 0.2) is 0 Å². The Balaban J connectivity index is 0.00000264. The number of carbonyl (C=O) groups is 1. The van der Waals surface area contributed by atoms with Crippen LogP contribution in [0.3, 0.4) is 0 Å². The molecule has 1 aromatic heterocycles. The second-order valence-corrected chi connectivity index (χ2v) is 5.94. The summed E-state index contributed by atoms with van der Waals surface area (Å²) >= 11 is 1.53. The molecule has 1 amide bonds. The van der Waals surface area contributed by atoms with Gasteiger partial charge in [0.25, 0.3) is 0 Å². The number of ether oxygens (including phenoxy) is 1. The van der Waals surface area contributed by atoms with Gasteiger partial charge in [-0.2, -0.15) is 0 Å². The first-order chi connectivity index (χ1) is 10.6. The predicted molar refractivity (Wildman–Crippen MR) is 102 cm³/mol. The number of hydrogen-bond acceptors (Lipinski definition) is 5. The summed E-state index contributed by atoms with van der Waals surface area (Å²) in [5.41, 5.74) is 7.83. The molecular formula is C16H23Cl2N3O2S. The standard InChI is InChI=1S/C16H21N3O2S.2ClH/c1-11(21-2)16-19-13(10-22-16)9-18-15(20)8-14(17)12-6-4-3-5-7-12;;/h3-7,10-11,14H,8-9,17H2,1-2H3,(H,18,20);2*1H. The molecule has 0 aliphatic rings. The SMILES string of the molecule is COC(C)c1nc(CNC(=O)CC(N)c2ccccc2)cs1.Cl.Cl. The summed E-state index contributed by atoms with van der Waals surface area (Å²) in [5, 5.41) is 5.70. The molecule has 1 heterocycles. The first-order valence-corrected chi connectivity index (χ1v) is 8.02. The number of rotatable bonds is 7. The lowest BCUT2D eigenvalue weighted by Gasteiger charge is -2.11. The molecular weight excluding hydrogens is 369 g/mol. The maximum absolute atomic E-state index is 12.0. The van der Waals surface area contributed by atoms with Gasteiger partial charge in [0.2, 0.25) is 5.91 Å². The van der Waals surface area contributed by atoms with Gasteiger partial charge in [-0.3, -0.25) is 4.79 Å². The smallest absolute Gasteiger partial charge is 0.222 e. The van der Waals surface area contributed by atoms with Crippen LogP contribution >= 0.6 is 36.2 Å². The van der Waals surface area contributed by atoms with E-state index in [2.05, 4.69) is 10.3 Å². The van der Waals surface area contributed by atoms with Gasteiger partial charge in [-0.1, -0.05) is 30.3 Å². The van der Waals surface area contributed by atoms with Crippen LogP contribution in [0, 0.1) is 0 Å². The zero-order valence-corrected chi connectivity index (χ0v) is 16.0. The van der Waals surface area contributed by atoms with Crippen molar-refractivity contribution >= 4 is 42.1 Å². The maximum atomic E-state index is 12.0. The number of halogens is 2. The van der Waals surface area contributed by atoms with E-state index in [-0.39, 0.29) is 49.3 Å². The number of amides is 1. The number of nitrogens with one attached hydrogen (secondary N) is 1. The fourth-order valence-electron chi connectivity index (χ4n) is 1.97. The van der Waals surface area contributed by atoms with Crippen LogP contribution in [-0.2, 0) is 16.1 Å². The Morgan fingerprint density at radius 2 is 2.00 bits per heavy atom. The van der Waals surface area contributed by atoms with Crippen molar-refractivity contribution in [1.29, 1.82) is 0 Å². The minimum absolute atomic E-state index is 0. The van der Waals surface area contributed by atoms with Gasteiger partial charge in [-0.05, 0) is 12.5 Å². The van der Waals surface area contributed by atoms with Crippen molar-refractivity contribution in [2.45, 2.75) is 32.0 Å². The first-order valence-electron chi connectivity index (χ1n) is 7.14. The van der Waals surface area contributed by atoms with Crippen LogP contribution in [0.25, 0.3) is 0 Å². The van der Waals surface area contributed by atoms with Crippen molar-refractivity contribution in [2.24, 2.45) is 5.73 Å². The van der Waals surface area contributed by atoms with E-state index in [4.69, 9.17) is 10.5 Å². The zero-order chi connectivity index (χ0) is 15.9. The van der Waals surface area contributed by atoms with E-state index < -0.39 is 0 Å². The fourth-order valence-corrected chi connectivity index (χ4v) is 2.82. The molecule has 0 spiro atoms. The number of hydrogen-bond donors (Lipinski definition) is 2. The number of thiazole rings is 1. The van der Waals surface area contributed by atoms with Gasteiger partial charge in [0.05, 0.1) is 12.2 Å². The average Bonchev–Trinajstić information content (AvgIpc) is 3.02. The molecule has 0 aliphatic heterocycles. The zero-order valence-electron chi connectivity index (χ0n) is 13.6. The molecule has 8 heteroatoms. The molecule has 3 N–H and O–H groups in total. The number of nitrogens with zero attached hydrogens (tertiary/aromatic N) is 1. The minimum Gasteiger partial charge on any atom is -0.375 e. The van der Waals surface area contributed by atoms with Crippen LogP contribution in [0.4, 0.5) is 0 Å². The summed E-state index contributed by atoms with van der Waals surface area (Å²) in [4.78, 5) is 16.4. The highest BCUT2D eigenvalue weighted by atomic mass is 35.5. The molecule has 24 heavy (non-hydrogen) atoms. The molecule has 2 unspecified atom stereocenters. The number of aromatic nitrogens is 1. The van der Waals surface area contributed by atoms with Gasteiger partial charge in [-0.25, -0.2) is 4.98 Å². The molecule has 5 nitrogen and oxygen atoms in total. The summed E-state index contributed by atoms with van der Waals surface area (Å²) < 4.78 is 5.22. The van der Waals surface area contributed by atoms with Crippen molar-refractivity contribution in [3.8, 4) is 0 Å². The molecule has 0 radical (unpaired) electrons. The molecule has 134 valence electrons. The van der Waals surface area contributed by atoms with E-state index in [0.29, 0.717) is 6.54 Å². The van der Waals surface area contributed by atoms with E-state index in [0.717, 1.165) is 16.3 Å². The van der Waals surface area contributed by atoms with E-state index in [1.54, 1.807) is 7.11 Å². The quantitative estimate of drug-likeness (QED) is 0.757. The van der Waals surface area contributed by atoms with E-state index in [1.807, 2.05) is 42.6 Å². The molecule has 1 aromatic carbocycles. The van der Waals surface area contributed by atoms with Crippen LogP contribution < -0.4 is 11.1 Å². The molecule has 0 aliphatic carbocycles. The topological polar surface area (TPSA) is 77.2 Å². The van der Waals surface area contributed by atoms with Crippen LogP contribution in [0.1, 0.15) is 41.8 Å². The third kappa shape index (κ3) is 6.75. The van der Waals surface area contributed by atoms with Crippen molar-refractivity contribution in [3.05, 3.63) is 52.0 Å². The molecule has 0 saturated heterocycles. The predicted octanol–water partition coefficient (Wildman–Crippen LogP) is 3.40. The highest BCUT2D eigenvalue weighted by molar-refractivity contribution is 7.09. The number of methoxy groups -OCH3 is 1. The molecule has 0 bridgehead atoms. The summed E-state index contributed by atoms with van der Waals surface area (Å²) in [6.45, 7) is 2.35. The van der Waals surface area contributed by atoms with Crippen LogP contribution in [0.5, 0.6) is 0 Å². The molecule has 2 rings (SSSR count). The Labute approximate surface area is 158 Å². The maximum Gasteiger partial charge on any atom is 0.222 e. The summed E-state index contributed by atoms with van der Waals surface area (Å²) in [6.07, 6.45) is 0.233. The fraction of sp³-hybridized carbons (Fsp3) is 0.375. The number of carbonyl (C=O) groups excluding carboxylic acids is 1. The van der Waals surface area contributed by atoms with Gasteiger partial charge in [-0.15, -0.1) is 36.2 Å². The summed E-state index contributed by atoms with van der Waals surface area (Å²) in [6, 6.07) is 9.33. The van der Waals surface area contributed by atoms with E-state index >= 15 is 0 Å². The second-order valence-electron chi connectivity index (χ2n) is 5.05. The molecule has 2 atom stereocenters. The Hall–Kier alpha value is -1.18. The van der Waals surface area contributed by atoms with Gasteiger partial charge in [0.1, 0.15) is 11.1 Å². The first kappa shape index (κ1) is 22.8. The van der Waals surface area contributed by atoms with Crippen LogP contribution in [0.15, 0.2) is 35.7 Å². The number of nitrogens with two attached hydrogens (primary N) is 1. The number of benzene rings is 1. The summed E-state index contributed by atoms with van der Waals surface area (Å²) in [5.74, 6) is -0.0781. The lowest BCUT2D eigenvalue weighted by Crippen LogP contribution is -2.27. The van der Waals surface area contributed by atoms with Crippen LogP contribution in [-0.4, -0.2) is 18.0 Å². The monoisotopic (exact) mass is 391 g/mol. The molecule has 2 aromatic rings. The third-order valence-corrected chi connectivity index (χ3v) is 4.43. The highest BCUT2D eigenvalue weighted by Crippen LogP contribution is 2.20. The normalized spacial score (nSPS) is 12.5. The van der Waals surface area contributed by atoms with E-state index in [9.17, 15) is 4.79 Å². The van der Waals surface area contributed by atoms with Crippen molar-refractivity contribution in [2.75, 3.05) is 7.11 Å². The Kier molecular flexibility index (Phi) is 10.8. The lowest BCUT2D eigenvalue weighted by atomic mass is 10.0. The van der Waals surface area contributed by atoms with Crippen molar-refractivity contribution in [3.63, 3.8) is 0 Å². The highest BCUT2D eigenvalue weighted by Gasteiger charge is 2.13. The van der Waals surface area contributed by atoms with Crippen molar-refractivity contribution in [1.82, 2.24) is 10.3 Å². The van der Waals surface area contributed by atoms with Gasteiger partial charge >= 0.3 is 0 Å². The Morgan fingerprint density at radius 3 is 2.62 bits per heavy atom. The van der Waals surface area contributed by atoms with Gasteiger partial charge < -0.3 is 15.8 Å². The molecule has 0 fully saturated rings.